The molecule has 0 saturated carbocycles. The van der Waals surface area contributed by atoms with Crippen LogP contribution in [0.2, 0.25) is 0 Å². The van der Waals surface area contributed by atoms with Crippen LogP contribution in [0, 0.1) is 0 Å². The SMILES string of the molecule is CCCc1c(OCCCOc2ccc3c(c2CCC)OC(CCC(=O)OC)C=C3)ccc(C(C)=O)c1O. The van der Waals surface area contributed by atoms with E-state index in [2.05, 4.69) is 6.92 Å². The number of hydrogen-bond acceptors (Lipinski definition) is 7. The molecule has 1 heterocycles. The molecule has 3 rings (SSSR count). The van der Waals surface area contributed by atoms with Crippen molar-refractivity contribution in [2.24, 2.45) is 0 Å². The molecular weight excluding hydrogens is 472 g/mol. The zero-order chi connectivity index (χ0) is 26.8. The van der Waals surface area contributed by atoms with E-state index in [0.29, 0.717) is 55.8 Å². The number of fused-ring (bicyclic) bond motifs is 1. The highest BCUT2D eigenvalue weighted by molar-refractivity contribution is 5.97. The summed E-state index contributed by atoms with van der Waals surface area (Å²) in [6.45, 7) is 6.45. The number of phenolic OH excluding ortho intramolecular Hbond substituents is 1. The van der Waals surface area contributed by atoms with Crippen LogP contribution in [0.3, 0.4) is 0 Å². The van der Waals surface area contributed by atoms with Gasteiger partial charge in [-0.25, -0.2) is 0 Å². The minimum atomic E-state index is -0.247. The molecule has 0 aromatic heterocycles. The van der Waals surface area contributed by atoms with Crippen LogP contribution in [0.4, 0.5) is 0 Å². The molecule has 1 aliphatic heterocycles. The van der Waals surface area contributed by atoms with E-state index < -0.39 is 0 Å². The number of aromatic hydroxyl groups is 1. The summed E-state index contributed by atoms with van der Waals surface area (Å²) in [4.78, 5) is 23.3. The van der Waals surface area contributed by atoms with Crippen LogP contribution in [-0.2, 0) is 22.4 Å². The van der Waals surface area contributed by atoms with Crippen molar-refractivity contribution in [2.75, 3.05) is 20.3 Å². The second-order valence-corrected chi connectivity index (χ2v) is 9.14. The minimum absolute atomic E-state index is 0.0142. The molecule has 37 heavy (non-hydrogen) atoms. The smallest absolute Gasteiger partial charge is 0.305 e. The highest BCUT2D eigenvalue weighted by Crippen LogP contribution is 2.38. The summed E-state index contributed by atoms with van der Waals surface area (Å²) >= 11 is 0. The summed E-state index contributed by atoms with van der Waals surface area (Å²) in [7, 11) is 1.39. The zero-order valence-electron chi connectivity index (χ0n) is 22.3. The maximum Gasteiger partial charge on any atom is 0.305 e. The van der Waals surface area contributed by atoms with Crippen molar-refractivity contribution in [1.82, 2.24) is 0 Å². The third kappa shape index (κ3) is 7.28. The fourth-order valence-electron chi connectivity index (χ4n) is 4.39. The Hall–Kier alpha value is -3.48. The van der Waals surface area contributed by atoms with Crippen molar-refractivity contribution in [3.63, 3.8) is 0 Å². The van der Waals surface area contributed by atoms with Gasteiger partial charge in [0, 0.05) is 29.5 Å². The highest BCUT2D eigenvalue weighted by atomic mass is 16.5. The van der Waals surface area contributed by atoms with Crippen molar-refractivity contribution in [3.05, 3.63) is 52.6 Å². The summed E-state index contributed by atoms with van der Waals surface area (Å²) in [5.74, 6) is 1.80. The fourth-order valence-corrected chi connectivity index (χ4v) is 4.39. The van der Waals surface area contributed by atoms with Gasteiger partial charge in [0.15, 0.2) is 5.78 Å². The van der Waals surface area contributed by atoms with Crippen LogP contribution >= 0.6 is 0 Å². The van der Waals surface area contributed by atoms with Crippen molar-refractivity contribution in [1.29, 1.82) is 0 Å². The average Bonchev–Trinajstić information content (AvgIpc) is 2.89. The van der Waals surface area contributed by atoms with Gasteiger partial charge >= 0.3 is 5.97 Å². The Labute approximate surface area is 219 Å². The lowest BCUT2D eigenvalue weighted by molar-refractivity contribution is -0.141. The maximum atomic E-state index is 11.8. The average molecular weight is 511 g/mol. The normalized spacial score (nSPS) is 14.0. The molecule has 2 aromatic carbocycles. The van der Waals surface area contributed by atoms with E-state index in [-0.39, 0.29) is 23.6 Å². The third-order valence-corrected chi connectivity index (χ3v) is 6.29. The van der Waals surface area contributed by atoms with Gasteiger partial charge < -0.3 is 24.1 Å². The predicted octanol–water partition coefficient (Wildman–Crippen LogP) is 6.08. The molecule has 0 saturated heterocycles. The maximum absolute atomic E-state index is 11.8. The number of benzene rings is 2. The van der Waals surface area contributed by atoms with Gasteiger partial charge in [0.2, 0.25) is 0 Å². The molecule has 0 aliphatic carbocycles. The van der Waals surface area contributed by atoms with Gasteiger partial charge in [0.1, 0.15) is 29.1 Å². The van der Waals surface area contributed by atoms with Crippen molar-refractivity contribution < 1.29 is 33.6 Å². The summed E-state index contributed by atoms with van der Waals surface area (Å²) in [6.07, 6.45) is 8.54. The minimum Gasteiger partial charge on any atom is -0.507 e. The van der Waals surface area contributed by atoms with E-state index in [0.717, 1.165) is 41.9 Å². The standard InChI is InChI=1S/C30H38O7/c1-5-8-24-26(16-14-23(20(3)31)29(24)33)35-18-7-19-36-27-15-11-21-10-12-22(13-17-28(32)34-4)37-30(21)25(27)9-6-2/h10-12,14-16,22,33H,5-9,13,17-19H2,1-4H3. The van der Waals surface area contributed by atoms with Crippen LogP contribution in [0.25, 0.3) is 6.08 Å². The van der Waals surface area contributed by atoms with E-state index in [1.807, 2.05) is 31.2 Å². The number of carbonyl (C=O) groups excluding carboxylic acids is 2. The first-order valence-corrected chi connectivity index (χ1v) is 13.1. The van der Waals surface area contributed by atoms with Gasteiger partial charge in [0.25, 0.3) is 0 Å². The van der Waals surface area contributed by atoms with E-state index >= 15 is 0 Å². The number of ether oxygens (including phenoxy) is 4. The second kappa shape index (κ2) is 13.7. The molecule has 0 spiro atoms. The topological polar surface area (TPSA) is 91.3 Å². The molecule has 1 atom stereocenters. The van der Waals surface area contributed by atoms with Gasteiger partial charge in [-0.05, 0) is 56.5 Å². The lowest BCUT2D eigenvalue weighted by Gasteiger charge is -2.25. The lowest BCUT2D eigenvalue weighted by atomic mass is 9.99. The largest absolute Gasteiger partial charge is 0.507 e. The number of carbonyl (C=O) groups is 2. The molecule has 200 valence electrons. The first-order valence-electron chi connectivity index (χ1n) is 13.1. The molecular formula is C30H38O7. The summed E-state index contributed by atoms with van der Waals surface area (Å²) in [6, 6.07) is 7.33. The number of Topliss-reactive ketones (excluding diaryl/α,β-unsaturated/α-hetero) is 1. The van der Waals surface area contributed by atoms with Gasteiger partial charge in [-0.2, -0.15) is 0 Å². The Morgan fingerprint density at radius 2 is 1.62 bits per heavy atom. The number of rotatable bonds is 14. The highest BCUT2D eigenvalue weighted by Gasteiger charge is 2.22. The number of methoxy groups -OCH3 is 1. The number of esters is 1. The Kier molecular flexibility index (Phi) is 10.4. The summed E-state index contributed by atoms with van der Waals surface area (Å²) in [5, 5.41) is 10.5. The molecule has 7 nitrogen and oxygen atoms in total. The van der Waals surface area contributed by atoms with Crippen LogP contribution in [0.15, 0.2) is 30.3 Å². The van der Waals surface area contributed by atoms with E-state index in [9.17, 15) is 14.7 Å². The van der Waals surface area contributed by atoms with E-state index in [4.69, 9.17) is 18.9 Å². The molecule has 1 unspecified atom stereocenters. The Morgan fingerprint density at radius 1 is 0.973 bits per heavy atom. The van der Waals surface area contributed by atoms with Gasteiger partial charge in [-0.15, -0.1) is 0 Å². The van der Waals surface area contributed by atoms with Crippen LogP contribution in [0.1, 0.15) is 79.9 Å². The second-order valence-electron chi connectivity index (χ2n) is 9.14. The van der Waals surface area contributed by atoms with Gasteiger partial charge in [0.05, 0.1) is 25.9 Å². The van der Waals surface area contributed by atoms with Gasteiger partial charge in [-0.3, -0.25) is 9.59 Å². The van der Waals surface area contributed by atoms with Crippen LogP contribution < -0.4 is 14.2 Å². The number of hydrogen-bond donors (Lipinski definition) is 1. The Morgan fingerprint density at radius 3 is 2.27 bits per heavy atom. The van der Waals surface area contributed by atoms with Gasteiger partial charge in [-0.1, -0.05) is 32.8 Å². The first kappa shape index (κ1) is 28.1. The van der Waals surface area contributed by atoms with Crippen molar-refractivity contribution >= 4 is 17.8 Å². The molecule has 0 radical (unpaired) electrons. The Balaban J connectivity index is 1.62. The molecule has 2 aromatic rings. The monoisotopic (exact) mass is 510 g/mol. The Bertz CT molecular complexity index is 1120. The third-order valence-electron chi connectivity index (χ3n) is 6.29. The van der Waals surface area contributed by atoms with Crippen LogP contribution in [0.5, 0.6) is 23.0 Å². The van der Waals surface area contributed by atoms with Crippen LogP contribution in [-0.4, -0.2) is 43.3 Å². The predicted molar refractivity (Wildman–Crippen MR) is 143 cm³/mol. The lowest BCUT2D eigenvalue weighted by Crippen LogP contribution is -2.20. The molecule has 0 amide bonds. The van der Waals surface area contributed by atoms with Crippen molar-refractivity contribution in [2.45, 2.75) is 71.8 Å². The van der Waals surface area contributed by atoms with E-state index in [1.165, 1.54) is 14.0 Å². The summed E-state index contributed by atoms with van der Waals surface area (Å²) < 4.78 is 23.1. The molecule has 0 fully saturated rings. The number of ketones is 1. The molecule has 0 bridgehead atoms. The molecule has 1 aliphatic rings. The molecule has 7 heteroatoms. The quantitative estimate of drug-likeness (QED) is 0.187. The molecule has 1 N–H and O–H groups in total. The summed E-state index contributed by atoms with van der Waals surface area (Å²) in [5.41, 5.74) is 3.02. The zero-order valence-corrected chi connectivity index (χ0v) is 22.3. The van der Waals surface area contributed by atoms with Crippen molar-refractivity contribution in [3.8, 4) is 23.0 Å². The number of phenols is 1. The van der Waals surface area contributed by atoms with E-state index in [1.54, 1.807) is 12.1 Å². The first-order chi connectivity index (χ1) is 17.9. The fraction of sp³-hybridized carbons (Fsp3) is 0.467.